The monoisotopic (exact) mass is 424 g/mol. The van der Waals surface area contributed by atoms with Crippen LogP contribution in [0.4, 0.5) is 0 Å². The number of hydrogen-bond donors (Lipinski definition) is 0. The largest absolute Gasteiger partial charge is 0.493 e. The number of oxime groups is 1. The molecule has 6 nitrogen and oxygen atoms in total. The fourth-order valence-electron chi connectivity index (χ4n) is 3.83. The van der Waals surface area contributed by atoms with Gasteiger partial charge in [-0.3, -0.25) is 4.79 Å². The maximum Gasteiger partial charge on any atom is 0.266 e. The molecule has 1 unspecified atom stereocenters. The molecule has 1 aliphatic heterocycles. The van der Waals surface area contributed by atoms with Crippen LogP contribution in [-0.4, -0.2) is 49.9 Å². The highest BCUT2D eigenvalue weighted by Crippen LogP contribution is 2.27. The normalized spacial score (nSPS) is 15.6. The van der Waals surface area contributed by atoms with E-state index < -0.39 is 6.10 Å². The molecule has 1 aliphatic rings. The highest BCUT2D eigenvalue weighted by Gasteiger charge is 2.27. The Hall–Kier alpha value is -3.02. The van der Waals surface area contributed by atoms with Crippen LogP contribution in [0.25, 0.3) is 0 Å². The van der Waals surface area contributed by atoms with Crippen LogP contribution in [0.15, 0.2) is 53.7 Å². The van der Waals surface area contributed by atoms with Gasteiger partial charge in [-0.05, 0) is 62.8 Å². The van der Waals surface area contributed by atoms with Crippen LogP contribution in [-0.2, 0) is 16.1 Å². The molecule has 1 amide bonds. The van der Waals surface area contributed by atoms with Crippen LogP contribution in [0.5, 0.6) is 11.5 Å². The van der Waals surface area contributed by atoms with E-state index in [0.29, 0.717) is 24.0 Å². The minimum Gasteiger partial charge on any atom is -0.493 e. The summed E-state index contributed by atoms with van der Waals surface area (Å²) in [6.45, 7) is 5.77. The third-order valence-electron chi connectivity index (χ3n) is 5.55. The van der Waals surface area contributed by atoms with Gasteiger partial charge in [0.2, 0.25) is 6.10 Å². The quantitative estimate of drug-likeness (QED) is 0.444. The first-order valence-corrected chi connectivity index (χ1v) is 10.9. The molecule has 31 heavy (non-hydrogen) atoms. The summed E-state index contributed by atoms with van der Waals surface area (Å²) in [5.74, 6) is 1.92. The number of rotatable bonds is 9. The Morgan fingerprint density at radius 3 is 2.58 bits per heavy atom. The smallest absolute Gasteiger partial charge is 0.266 e. The van der Waals surface area contributed by atoms with Gasteiger partial charge in [0.1, 0.15) is 0 Å². The summed E-state index contributed by atoms with van der Waals surface area (Å²) in [5, 5.41) is 4.01. The first kappa shape index (κ1) is 22.7. The number of nitrogens with zero attached hydrogens (tertiary/aromatic N) is 2. The minimum absolute atomic E-state index is 0.0143. The maximum absolute atomic E-state index is 12.7. The number of hydrogen-bond acceptors (Lipinski definition) is 5. The van der Waals surface area contributed by atoms with Crippen molar-refractivity contribution in [3.05, 3.63) is 59.7 Å². The van der Waals surface area contributed by atoms with Gasteiger partial charge in [-0.25, -0.2) is 0 Å². The molecule has 6 heteroatoms. The fraction of sp³-hybridized carbons (Fsp3) is 0.440. The average Bonchev–Trinajstić information content (AvgIpc) is 2.80. The van der Waals surface area contributed by atoms with Crippen molar-refractivity contribution in [2.75, 3.05) is 26.8 Å². The number of carbonyl (C=O) groups is 1. The first-order valence-electron chi connectivity index (χ1n) is 10.9. The van der Waals surface area contributed by atoms with Gasteiger partial charge in [-0.1, -0.05) is 35.5 Å². The first-order chi connectivity index (χ1) is 15.1. The van der Waals surface area contributed by atoms with Crippen molar-refractivity contribution in [2.24, 2.45) is 11.1 Å². The van der Waals surface area contributed by atoms with Crippen molar-refractivity contribution in [2.45, 2.75) is 39.2 Å². The number of methoxy groups -OCH3 is 1. The highest BCUT2D eigenvalue weighted by molar-refractivity contribution is 5.82. The van der Waals surface area contributed by atoms with E-state index in [1.165, 1.54) is 5.56 Å². The summed E-state index contributed by atoms with van der Waals surface area (Å²) in [7, 11) is 1.60. The SMILES string of the molecule is CCOc1ccc(/C=N/OC(C)C(=O)N2CCC(Cc3ccccc3)CC2)cc1OC. The number of amides is 1. The lowest BCUT2D eigenvalue weighted by atomic mass is 9.90. The molecule has 0 saturated carbocycles. The second kappa shape index (κ2) is 11.4. The standard InChI is InChI=1S/C25H32N2O4/c1-4-30-23-11-10-22(17-24(23)29-3)18-26-31-19(2)25(28)27-14-12-21(13-15-27)16-20-8-6-5-7-9-20/h5-11,17-19,21H,4,12-16H2,1-3H3/b26-18+. The van der Waals surface area contributed by atoms with E-state index in [1.807, 2.05) is 36.1 Å². The molecule has 0 N–H and O–H groups in total. The molecule has 0 bridgehead atoms. The van der Waals surface area contributed by atoms with Crippen molar-refractivity contribution >= 4 is 12.1 Å². The molecule has 1 heterocycles. The van der Waals surface area contributed by atoms with Crippen LogP contribution in [0.1, 0.15) is 37.8 Å². The summed E-state index contributed by atoms with van der Waals surface area (Å²) < 4.78 is 10.9. The van der Waals surface area contributed by atoms with Crippen LogP contribution >= 0.6 is 0 Å². The molecule has 166 valence electrons. The van der Waals surface area contributed by atoms with E-state index >= 15 is 0 Å². The summed E-state index contributed by atoms with van der Waals surface area (Å²) in [4.78, 5) is 20.0. The Morgan fingerprint density at radius 1 is 1.16 bits per heavy atom. The second-order valence-corrected chi connectivity index (χ2v) is 7.78. The Kier molecular flexibility index (Phi) is 8.33. The number of piperidine rings is 1. The summed E-state index contributed by atoms with van der Waals surface area (Å²) in [6.07, 6.45) is 4.07. The Labute approximate surface area is 184 Å². The number of benzene rings is 2. The van der Waals surface area contributed by atoms with Gasteiger partial charge < -0.3 is 19.2 Å². The third-order valence-corrected chi connectivity index (χ3v) is 5.55. The van der Waals surface area contributed by atoms with Crippen LogP contribution < -0.4 is 9.47 Å². The van der Waals surface area contributed by atoms with Crippen molar-refractivity contribution in [1.82, 2.24) is 4.90 Å². The summed E-state index contributed by atoms with van der Waals surface area (Å²) in [6, 6.07) is 16.1. The van der Waals surface area contributed by atoms with E-state index in [0.717, 1.165) is 37.9 Å². The molecule has 0 aromatic heterocycles. The van der Waals surface area contributed by atoms with Gasteiger partial charge >= 0.3 is 0 Å². The lowest BCUT2D eigenvalue weighted by Gasteiger charge is -2.33. The molecule has 1 saturated heterocycles. The molecule has 1 fully saturated rings. The van der Waals surface area contributed by atoms with Gasteiger partial charge in [0.05, 0.1) is 19.9 Å². The van der Waals surface area contributed by atoms with Crippen LogP contribution in [0, 0.1) is 5.92 Å². The Bertz CT molecular complexity index is 861. The Balaban J connectivity index is 1.46. The zero-order valence-corrected chi connectivity index (χ0v) is 18.6. The molecular weight excluding hydrogens is 392 g/mol. The van der Waals surface area contributed by atoms with Gasteiger partial charge in [-0.2, -0.15) is 0 Å². The van der Waals surface area contributed by atoms with Gasteiger partial charge in [0.15, 0.2) is 11.5 Å². The molecule has 0 spiro atoms. The van der Waals surface area contributed by atoms with Gasteiger partial charge in [-0.15, -0.1) is 0 Å². The van der Waals surface area contributed by atoms with Crippen LogP contribution in [0.2, 0.25) is 0 Å². The number of ether oxygens (including phenoxy) is 2. The number of carbonyl (C=O) groups excluding carboxylic acids is 1. The lowest BCUT2D eigenvalue weighted by Crippen LogP contribution is -2.43. The maximum atomic E-state index is 12.7. The van der Waals surface area contributed by atoms with Gasteiger partial charge in [0, 0.05) is 18.7 Å². The molecule has 3 rings (SSSR count). The zero-order chi connectivity index (χ0) is 22.1. The highest BCUT2D eigenvalue weighted by atomic mass is 16.6. The van der Waals surface area contributed by atoms with Crippen molar-refractivity contribution in [1.29, 1.82) is 0 Å². The van der Waals surface area contributed by atoms with E-state index in [4.69, 9.17) is 14.3 Å². The molecule has 0 radical (unpaired) electrons. The van der Waals surface area contributed by atoms with Gasteiger partial charge in [0.25, 0.3) is 5.91 Å². The van der Waals surface area contributed by atoms with E-state index in [9.17, 15) is 4.79 Å². The summed E-state index contributed by atoms with van der Waals surface area (Å²) in [5.41, 5.74) is 2.17. The predicted octanol–water partition coefficient (Wildman–Crippen LogP) is 4.31. The van der Waals surface area contributed by atoms with Crippen molar-refractivity contribution < 1.29 is 19.1 Å². The second-order valence-electron chi connectivity index (χ2n) is 7.78. The lowest BCUT2D eigenvalue weighted by molar-refractivity contribution is -0.144. The predicted molar refractivity (Wildman–Crippen MR) is 122 cm³/mol. The van der Waals surface area contributed by atoms with Crippen LogP contribution in [0.3, 0.4) is 0 Å². The molecule has 0 aliphatic carbocycles. The van der Waals surface area contributed by atoms with E-state index in [1.54, 1.807) is 20.2 Å². The average molecular weight is 425 g/mol. The molecular formula is C25H32N2O4. The minimum atomic E-state index is -0.619. The third kappa shape index (κ3) is 6.48. The molecule has 2 aromatic carbocycles. The Morgan fingerprint density at radius 2 is 1.90 bits per heavy atom. The molecule has 2 aromatic rings. The number of likely N-dealkylation sites (tertiary alicyclic amines) is 1. The topological polar surface area (TPSA) is 60.4 Å². The zero-order valence-electron chi connectivity index (χ0n) is 18.6. The summed E-state index contributed by atoms with van der Waals surface area (Å²) >= 11 is 0. The van der Waals surface area contributed by atoms with E-state index in [-0.39, 0.29) is 5.91 Å². The van der Waals surface area contributed by atoms with Crippen molar-refractivity contribution in [3.63, 3.8) is 0 Å². The van der Waals surface area contributed by atoms with E-state index in [2.05, 4.69) is 29.4 Å². The van der Waals surface area contributed by atoms with Crippen molar-refractivity contribution in [3.8, 4) is 11.5 Å². The molecule has 1 atom stereocenters. The fourth-order valence-corrected chi connectivity index (χ4v) is 3.83.